The number of nitrogens with zero attached hydrogens (tertiary/aromatic N) is 1. The van der Waals surface area contributed by atoms with Gasteiger partial charge in [0.25, 0.3) is 5.91 Å². The number of benzene rings is 2. The van der Waals surface area contributed by atoms with Crippen LogP contribution in [0.25, 0.3) is 10.9 Å². The van der Waals surface area contributed by atoms with Crippen LogP contribution in [0.15, 0.2) is 36.4 Å². The number of fused-ring (bicyclic) bond motifs is 3. The molecule has 4 nitrogen and oxygen atoms in total. The van der Waals surface area contributed by atoms with Gasteiger partial charge in [-0.15, -0.1) is 0 Å². The average Bonchev–Trinajstić information content (AvgIpc) is 3.17. The molecule has 0 radical (unpaired) electrons. The van der Waals surface area contributed by atoms with Crippen LogP contribution in [-0.2, 0) is 6.42 Å². The Bertz CT molecular complexity index is 1170. The van der Waals surface area contributed by atoms with E-state index in [1.165, 1.54) is 12.1 Å². The van der Waals surface area contributed by atoms with Gasteiger partial charge in [0.05, 0.1) is 5.60 Å². The smallest absolute Gasteiger partial charge is 0.254 e. The van der Waals surface area contributed by atoms with Gasteiger partial charge >= 0.3 is 0 Å². The number of aliphatic hydroxyl groups is 1. The standard InChI is InChI=1S/C25H26F2N2O2/c1-14-15(2)28-23-8-4-16(9-21(14)23)24(30)29-19-6-7-20(29)13-25(31,12-19)11-17-3-5-18(26)10-22(17)27/h3-5,8-10,19-20,28,31H,6-7,11-13H2,1-2H3. The van der Waals surface area contributed by atoms with E-state index in [1.54, 1.807) is 0 Å². The second-order valence-corrected chi connectivity index (χ2v) is 9.28. The number of aryl methyl sites for hydroxylation is 2. The number of hydrogen-bond donors (Lipinski definition) is 2. The van der Waals surface area contributed by atoms with Gasteiger partial charge in [-0.05, 0) is 74.9 Å². The molecule has 0 spiro atoms. The summed E-state index contributed by atoms with van der Waals surface area (Å²) >= 11 is 0. The van der Waals surface area contributed by atoms with Crippen molar-refractivity contribution >= 4 is 16.8 Å². The van der Waals surface area contributed by atoms with E-state index in [0.29, 0.717) is 24.0 Å². The van der Waals surface area contributed by atoms with E-state index in [-0.39, 0.29) is 24.4 Å². The predicted molar refractivity (Wildman–Crippen MR) is 115 cm³/mol. The van der Waals surface area contributed by atoms with Gasteiger partial charge in [0.2, 0.25) is 0 Å². The lowest BCUT2D eigenvalue weighted by atomic mass is 9.81. The zero-order valence-corrected chi connectivity index (χ0v) is 17.7. The lowest BCUT2D eigenvalue weighted by molar-refractivity contribution is -0.0431. The van der Waals surface area contributed by atoms with Gasteiger partial charge in [0.15, 0.2) is 0 Å². The minimum absolute atomic E-state index is 0.0114. The molecular formula is C25H26F2N2O2. The molecule has 3 aromatic rings. The van der Waals surface area contributed by atoms with E-state index in [9.17, 15) is 18.7 Å². The fraction of sp³-hybridized carbons (Fsp3) is 0.400. The lowest BCUT2D eigenvalue weighted by Gasteiger charge is -2.44. The number of piperidine rings is 1. The van der Waals surface area contributed by atoms with Gasteiger partial charge in [0, 0.05) is 46.7 Å². The number of rotatable bonds is 3. The molecule has 2 fully saturated rings. The average molecular weight is 424 g/mol. The molecule has 5 rings (SSSR count). The van der Waals surface area contributed by atoms with Crippen molar-refractivity contribution in [3.63, 3.8) is 0 Å². The molecule has 0 saturated carbocycles. The predicted octanol–water partition coefficient (Wildman–Crippen LogP) is 4.80. The molecule has 6 heteroatoms. The summed E-state index contributed by atoms with van der Waals surface area (Å²) in [5.74, 6) is -1.27. The Morgan fingerprint density at radius 2 is 1.84 bits per heavy atom. The Kier molecular flexibility index (Phi) is 4.66. The zero-order valence-electron chi connectivity index (χ0n) is 17.7. The highest BCUT2D eigenvalue weighted by Crippen LogP contribution is 2.43. The second-order valence-electron chi connectivity index (χ2n) is 9.28. The highest BCUT2D eigenvalue weighted by molar-refractivity contribution is 5.99. The summed E-state index contributed by atoms with van der Waals surface area (Å²) in [6.07, 6.45) is 2.58. The van der Waals surface area contributed by atoms with Crippen molar-refractivity contribution in [3.05, 3.63) is 70.4 Å². The van der Waals surface area contributed by atoms with Crippen LogP contribution in [0, 0.1) is 25.5 Å². The third-order valence-electron chi connectivity index (χ3n) is 7.18. The molecule has 2 atom stereocenters. The van der Waals surface area contributed by atoms with Crippen LogP contribution in [0.4, 0.5) is 8.78 Å². The van der Waals surface area contributed by atoms with Gasteiger partial charge in [-0.2, -0.15) is 0 Å². The summed E-state index contributed by atoms with van der Waals surface area (Å²) in [4.78, 5) is 18.7. The van der Waals surface area contributed by atoms with Crippen molar-refractivity contribution in [2.75, 3.05) is 0 Å². The maximum atomic E-state index is 14.2. The van der Waals surface area contributed by atoms with Crippen molar-refractivity contribution in [1.29, 1.82) is 0 Å². The SMILES string of the molecule is Cc1[nH]c2ccc(C(=O)N3C4CCC3CC(O)(Cc3ccc(F)cc3F)C4)cc2c1C. The molecular weight excluding hydrogens is 398 g/mol. The Hall–Kier alpha value is -2.73. The first kappa shape index (κ1) is 20.2. The van der Waals surface area contributed by atoms with E-state index < -0.39 is 17.2 Å². The first-order chi connectivity index (χ1) is 14.7. The third kappa shape index (κ3) is 3.43. The molecule has 1 amide bonds. The highest BCUT2D eigenvalue weighted by atomic mass is 19.1. The fourth-order valence-corrected chi connectivity index (χ4v) is 5.56. The number of halogens is 2. The normalized spacial score (nSPS) is 25.4. The van der Waals surface area contributed by atoms with Gasteiger partial charge in [-0.25, -0.2) is 8.78 Å². The third-order valence-corrected chi connectivity index (χ3v) is 7.18. The van der Waals surface area contributed by atoms with Crippen LogP contribution in [0.3, 0.4) is 0 Å². The Balaban J connectivity index is 1.38. The number of carbonyl (C=O) groups is 1. The molecule has 1 aromatic heterocycles. The lowest BCUT2D eigenvalue weighted by Crippen LogP contribution is -2.54. The first-order valence-corrected chi connectivity index (χ1v) is 10.8. The monoisotopic (exact) mass is 424 g/mol. The van der Waals surface area contributed by atoms with Crippen LogP contribution >= 0.6 is 0 Å². The van der Waals surface area contributed by atoms with E-state index in [4.69, 9.17) is 0 Å². The van der Waals surface area contributed by atoms with Crippen LogP contribution in [0.1, 0.15) is 52.9 Å². The molecule has 2 bridgehead atoms. The van der Waals surface area contributed by atoms with Crippen LogP contribution < -0.4 is 0 Å². The minimum Gasteiger partial charge on any atom is -0.389 e. The van der Waals surface area contributed by atoms with Crippen LogP contribution in [-0.4, -0.2) is 38.6 Å². The molecule has 2 N–H and O–H groups in total. The zero-order chi connectivity index (χ0) is 21.9. The second kappa shape index (κ2) is 7.16. The Labute approximate surface area is 179 Å². The molecule has 0 aliphatic carbocycles. The van der Waals surface area contributed by atoms with E-state index in [2.05, 4.69) is 4.98 Å². The maximum absolute atomic E-state index is 14.2. The number of hydrogen-bond acceptors (Lipinski definition) is 2. The van der Waals surface area contributed by atoms with E-state index in [0.717, 1.165) is 41.1 Å². The molecule has 162 valence electrons. The number of amides is 1. The number of H-pyrrole nitrogens is 1. The largest absolute Gasteiger partial charge is 0.389 e. The van der Waals surface area contributed by atoms with Gasteiger partial charge in [0.1, 0.15) is 11.6 Å². The van der Waals surface area contributed by atoms with Crippen molar-refractivity contribution in [2.45, 2.75) is 63.6 Å². The maximum Gasteiger partial charge on any atom is 0.254 e. The highest BCUT2D eigenvalue weighted by Gasteiger charge is 2.49. The Morgan fingerprint density at radius 1 is 1.13 bits per heavy atom. The Morgan fingerprint density at radius 3 is 2.52 bits per heavy atom. The molecule has 2 aliphatic heterocycles. The van der Waals surface area contributed by atoms with Crippen molar-refractivity contribution in [3.8, 4) is 0 Å². The summed E-state index contributed by atoms with van der Waals surface area (Å²) in [7, 11) is 0. The number of aromatic amines is 1. The van der Waals surface area contributed by atoms with Crippen molar-refractivity contribution in [1.82, 2.24) is 9.88 Å². The molecule has 3 heterocycles. The minimum atomic E-state index is -1.10. The molecule has 2 unspecified atom stereocenters. The quantitative estimate of drug-likeness (QED) is 0.634. The van der Waals surface area contributed by atoms with E-state index in [1.807, 2.05) is 36.9 Å². The van der Waals surface area contributed by atoms with Crippen molar-refractivity contribution < 1.29 is 18.7 Å². The molecule has 2 aliphatic rings. The van der Waals surface area contributed by atoms with E-state index >= 15 is 0 Å². The van der Waals surface area contributed by atoms with Crippen LogP contribution in [0.5, 0.6) is 0 Å². The van der Waals surface area contributed by atoms with Gasteiger partial charge in [-0.3, -0.25) is 4.79 Å². The summed E-state index contributed by atoms with van der Waals surface area (Å²) in [6, 6.07) is 9.07. The van der Waals surface area contributed by atoms with Gasteiger partial charge < -0.3 is 15.0 Å². The number of nitrogens with one attached hydrogen (secondary N) is 1. The van der Waals surface area contributed by atoms with Gasteiger partial charge in [-0.1, -0.05) is 6.07 Å². The first-order valence-electron chi connectivity index (χ1n) is 10.8. The topological polar surface area (TPSA) is 56.3 Å². The fourth-order valence-electron chi connectivity index (χ4n) is 5.56. The summed E-state index contributed by atoms with van der Waals surface area (Å²) in [6.45, 7) is 4.06. The number of carbonyl (C=O) groups excluding carboxylic acids is 1. The summed E-state index contributed by atoms with van der Waals surface area (Å²) < 4.78 is 27.4. The molecule has 31 heavy (non-hydrogen) atoms. The van der Waals surface area contributed by atoms with Crippen molar-refractivity contribution in [2.24, 2.45) is 0 Å². The number of aromatic nitrogens is 1. The summed E-state index contributed by atoms with van der Waals surface area (Å²) in [5, 5.41) is 12.3. The summed E-state index contributed by atoms with van der Waals surface area (Å²) in [5.41, 5.74) is 3.12. The molecule has 2 saturated heterocycles. The molecule has 2 aromatic carbocycles. The van der Waals surface area contributed by atoms with Crippen LogP contribution in [0.2, 0.25) is 0 Å².